The fourth-order valence-electron chi connectivity index (χ4n) is 3.31. The predicted octanol–water partition coefficient (Wildman–Crippen LogP) is 3.57. The van der Waals surface area contributed by atoms with Crippen LogP contribution in [0, 0.1) is 0 Å². The Morgan fingerprint density at radius 3 is 2.76 bits per heavy atom. The number of pyridine rings is 1. The van der Waals surface area contributed by atoms with Gasteiger partial charge >= 0.3 is 0 Å². The van der Waals surface area contributed by atoms with Crippen molar-refractivity contribution < 1.29 is 9.53 Å². The summed E-state index contributed by atoms with van der Waals surface area (Å²) in [5.74, 6) is 0.494. The van der Waals surface area contributed by atoms with E-state index in [1.54, 1.807) is 4.57 Å². The quantitative estimate of drug-likeness (QED) is 0.925. The number of carbonyl (C=O) groups is 1. The largest absolute Gasteiger partial charge is 0.496 e. The van der Waals surface area contributed by atoms with Crippen LogP contribution in [0.15, 0.2) is 35.1 Å². The molecular weight excluding hydrogens is 316 g/mol. The number of nitrogens with zero attached hydrogens (tertiary/aromatic N) is 1. The fourth-order valence-corrected chi connectivity index (χ4v) is 3.31. The summed E-state index contributed by atoms with van der Waals surface area (Å²) >= 11 is 0. The first-order valence-corrected chi connectivity index (χ1v) is 8.73. The van der Waals surface area contributed by atoms with E-state index >= 15 is 0 Å². The molecule has 1 aliphatic rings. The molecule has 0 aliphatic carbocycles. The Labute approximate surface area is 147 Å². The molecule has 0 fully saturated rings. The predicted molar refractivity (Wildman–Crippen MR) is 98.7 cm³/mol. The third-order valence-corrected chi connectivity index (χ3v) is 4.68. The molecule has 0 unspecified atom stereocenters. The van der Waals surface area contributed by atoms with E-state index in [1.165, 1.54) is 13.2 Å². The molecule has 3 rings (SSSR count). The summed E-state index contributed by atoms with van der Waals surface area (Å²) in [4.78, 5) is 25.2. The van der Waals surface area contributed by atoms with E-state index in [4.69, 9.17) is 4.74 Å². The number of fused-ring (bicyclic) bond motifs is 1. The Hall–Kier alpha value is -2.56. The lowest BCUT2D eigenvalue weighted by molar-refractivity contribution is 0.102. The van der Waals surface area contributed by atoms with Gasteiger partial charge in [-0.25, -0.2) is 0 Å². The van der Waals surface area contributed by atoms with Gasteiger partial charge in [0.1, 0.15) is 11.3 Å². The van der Waals surface area contributed by atoms with Crippen LogP contribution in [0.4, 0.5) is 5.69 Å². The van der Waals surface area contributed by atoms with E-state index in [0.717, 1.165) is 29.8 Å². The molecule has 25 heavy (non-hydrogen) atoms. The topological polar surface area (TPSA) is 60.3 Å². The number of benzene rings is 1. The van der Waals surface area contributed by atoms with E-state index in [0.29, 0.717) is 30.2 Å². The third kappa shape index (κ3) is 3.45. The van der Waals surface area contributed by atoms with Gasteiger partial charge in [-0.05, 0) is 42.9 Å². The lowest BCUT2D eigenvalue weighted by Gasteiger charge is -2.22. The Morgan fingerprint density at radius 2 is 2.04 bits per heavy atom. The molecule has 0 atom stereocenters. The molecule has 5 nitrogen and oxygen atoms in total. The van der Waals surface area contributed by atoms with Gasteiger partial charge in [0.25, 0.3) is 11.5 Å². The van der Waals surface area contributed by atoms with Crippen LogP contribution in [0.1, 0.15) is 54.2 Å². The summed E-state index contributed by atoms with van der Waals surface area (Å²) in [5.41, 5.74) is 3.05. The maximum atomic E-state index is 13.0. The summed E-state index contributed by atoms with van der Waals surface area (Å²) in [6.45, 7) is 4.88. The lowest BCUT2D eigenvalue weighted by Crippen LogP contribution is -2.30. The van der Waals surface area contributed by atoms with Crippen LogP contribution in [0.3, 0.4) is 0 Å². The van der Waals surface area contributed by atoms with Gasteiger partial charge in [0.2, 0.25) is 0 Å². The number of rotatable bonds is 4. The van der Waals surface area contributed by atoms with E-state index in [2.05, 4.69) is 19.2 Å². The van der Waals surface area contributed by atoms with Crippen LogP contribution in [0.2, 0.25) is 0 Å². The van der Waals surface area contributed by atoms with Crippen molar-refractivity contribution in [3.8, 4) is 5.75 Å². The van der Waals surface area contributed by atoms with Gasteiger partial charge in [-0.2, -0.15) is 0 Å². The second-order valence-electron chi connectivity index (χ2n) is 6.72. The molecule has 0 spiro atoms. The first kappa shape index (κ1) is 17.3. The third-order valence-electron chi connectivity index (χ3n) is 4.68. The second-order valence-corrected chi connectivity index (χ2v) is 6.72. The Morgan fingerprint density at radius 1 is 1.24 bits per heavy atom. The Bertz CT molecular complexity index is 853. The minimum Gasteiger partial charge on any atom is -0.496 e. The van der Waals surface area contributed by atoms with Crippen LogP contribution < -0.4 is 15.6 Å². The SMILES string of the molecule is COc1cc(=O)n2c(c1C(=O)Nc1cccc(C(C)C)c1)CCCC2. The number of anilines is 1. The van der Waals surface area contributed by atoms with Gasteiger partial charge in [-0.3, -0.25) is 9.59 Å². The van der Waals surface area contributed by atoms with Crippen molar-refractivity contribution in [1.29, 1.82) is 0 Å². The summed E-state index contributed by atoms with van der Waals surface area (Å²) in [6, 6.07) is 9.25. The zero-order valence-electron chi connectivity index (χ0n) is 15.0. The number of carbonyl (C=O) groups excluding carboxylic acids is 1. The average molecular weight is 340 g/mol. The number of methoxy groups -OCH3 is 1. The molecule has 1 aromatic carbocycles. The fraction of sp³-hybridized carbons (Fsp3) is 0.400. The number of ether oxygens (including phenoxy) is 1. The molecule has 2 heterocycles. The van der Waals surface area contributed by atoms with Gasteiger partial charge in [0, 0.05) is 24.0 Å². The average Bonchev–Trinajstić information content (AvgIpc) is 2.61. The number of hydrogen-bond acceptors (Lipinski definition) is 3. The molecule has 1 aromatic heterocycles. The highest BCUT2D eigenvalue weighted by molar-refractivity contribution is 6.07. The monoisotopic (exact) mass is 340 g/mol. The molecule has 5 heteroatoms. The molecule has 1 aliphatic heterocycles. The van der Waals surface area contributed by atoms with Crippen molar-refractivity contribution in [2.45, 2.75) is 45.6 Å². The molecule has 0 bridgehead atoms. The first-order valence-electron chi connectivity index (χ1n) is 8.73. The number of hydrogen-bond donors (Lipinski definition) is 1. The normalized spacial score (nSPS) is 13.4. The second kappa shape index (κ2) is 7.13. The maximum Gasteiger partial charge on any atom is 0.261 e. The van der Waals surface area contributed by atoms with Gasteiger partial charge < -0.3 is 14.6 Å². The van der Waals surface area contributed by atoms with Crippen molar-refractivity contribution in [2.75, 3.05) is 12.4 Å². The Balaban J connectivity index is 2.00. The van der Waals surface area contributed by atoms with Crippen LogP contribution in [0.25, 0.3) is 0 Å². The summed E-state index contributed by atoms with van der Waals surface area (Å²) in [5, 5.41) is 2.96. The minimum absolute atomic E-state index is 0.107. The van der Waals surface area contributed by atoms with Crippen LogP contribution in [-0.4, -0.2) is 17.6 Å². The van der Waals surface area contributed by atoms with Crippen molar-refractivity contribution in [1.82, 2.24) is 4.57 Å². The number of nitrogens with one attached hydrogen (secondary N) is 1. The van der Waals surface area contributed by atoms with E-state index in [9.17, 15) is 9.59 Å². The molecule has 1 amide bonds. The molecule has 1 N–H and O–H groups in total. The summed E-state index contributed by atoms with van der Waals surface area (Å²) < 4.78 is 7.04. The van der Waals surface area contributed by atoms with E-state index in [-0.39, 0.29) is 11.5 Å². The van der Waals surface area contributed by atoms with Crippen LogP contribution >= 0.6 is 0 Å². The molecule has 0 radical (unpaired) electrons. The highest BCUT2D eigenvalue weighted by Crippen LogP contribution is 2.26. The molecule has 132 valence electrons. The van der Waals surface area contributed by atoms with E-state index < -0.39 is 0 Å². The maximum absolute atomic E-state index is 13.0. The van der Waals surface area contributed by atoms with Crippen LogP contribution in [-0.2, 0) is 13.0 Å². The highest BCUT2D eigenvalue weighted by Gasteiger charge is 2.24. The molecule has 0 saturated heterocycles. The summed E-state index contributed by atoms with van der Waals surface area (Å²) in [6.07, 6.45) is 2.63. The molecular formula is C20H24N2O3. The van der Waals surface area contributed by atoms with E-state index in [1.807, 2.05) is 24.3 Å². The van der Waals surface area contributed by atoms with Crippen molar-refractivity contribution in [3.63, 3.8) is 0 Å². The van der Waals surface area contributed by atoms with Crippen LogP contribution in [0.5, 0.6) is 5.75 Å². The van der Waals surface area contributed by atoms with Crippen molar-refractivity contribution >= 4 is 11.6 Å². The van der Waals surface area contributed by atoms with Crippen molar-refractivity contribution in [2.24, 2.45) is 0 Å². The van der Waals surface area contributed by atoms with Gasteiger partial charge in [-0.15, -0.1) is 0 Å². The lowest BCUT2D eigenvalue weighted by atomic mass is 10.0. The number of aromatic nitrogens is 1. The number of amides is 1. The molecule has 0 saturated carbocycles. The van der Waals surface area contributed by atoms with Gasteiger partial charge in [0.05, 0.1) is 7.11 Å². The minimum atomic E-state index is -0.233. The van der Waals surface area contributed by atoms with Gasteiger partial charge in [-0.1, -0.05) is 26.0 Å². The summed E-state index contributed by atoms with van der Waals surface area (Å²) in [7, 11) is 1.49. The van der Waals surface area contributed by atoms with Crippen molar-refractivity contribution in [3.05, 3.63) is 57.5 Å². The first-order chi connectivity index (χ1) is 12.0. The smallest absolute Gasteiger partial charge is 0.261 e. The zero-order valence-corrected chi connectivity index (χ0v) is 15.0. The Kier molecular flexibility index (Phi) is 4.93. The standard InChI is InChI=1S/C20H24N2O3/c1-13(2)14-7-6-8-15(11-14)21-20(24)19-16-9-4-5-10-22(16)18(23)12-17(19)25-3/h6-8,11-13H,4-5,9-10H2,1-3H3,(H,21,24). The zero-order chi connectivity index (χ0) is 18.0. The molecule has 2 aromatic rings. The van der Waals surface area contributed by atoms with Gasteiger partial charge in [0.15, 0.2) is 0 Å². The highest BCUT2D eigenvalue weighted by atomic mass is 16.5.